The summed E-state index contributed by atoms with van der Waals surface area (Å²) in [6.07, 6.45) is 0. The lowest BCUT2D eigenvalue weighted by Crippen LogP contribution is -2.50. The fourth-order valence-corrected chi connectivity index (χ4v) is 2.30. The molecule has 130 valence electrons. The Morgan fingerprint density at radius 3 is 2.67 bits per heavy atom. The number of carbonyl (C=O) groups excluding carboxylic acids is 2. The van der Waals surface area contributed by atoms with Gasteiger partial charge in [-0.3, -0.25) is 9.59 Å². The largest absolute Gasteiger partial charge is 0.455 e. The molecule has 0 fully saturated rings. The zero-order valence-corrected chi connectivity index (χ0v) is 14.4. The third-order valence-corrected chi connectivity index (χ3v) is 4.39. The van der Waals surface area contributed by atoms with Crippen molar-refractivity contribution in [3.63, 3.8) is 0 Å². The van der Waals surface area contributed by atoms with Crippen LogP contribution in [0.15, 0.2) is 23.1 Å². The minimum absolute atomic E-state index is 0.0201. The Labute approximate surface area is 143 Å². The number of nitriles is 1. The second-order valence-electron chi connectivity index (χ2n) is 5.54. The molecule has 1 atom stereocenters. The maximum Gasteiger partial charge on any atom is 0.316 e. The van der Waals surface area contributed by atoms with Crippen molar-refractivity contribution in [1.82, 2.24) is 5.32 Å². The van der Waals surface area contributed by atoms with Gasteiger partial charge in [-0.05, 0) is 31.0 Å². The highest BCUT2D eigenvalue weighted by Crippen LogP contribution is 2.22. The average molecular weight is 356 g/mol. The molecule has 0 unspecified atom stereocenters. The van der Waals surface area contributed by atoms with E-state index in [1.54, 1.807) is 20.8 Å². The van der Waals surface area contributed by atoms with Crippen molar-refractivity contribution < 1.29 is 23.1 Å². The van der Waals surface area contributed by atoms with Gasteiger partial charge in [-0.1, -0.05) is 13.8 Å². The zero-order chi connectivity index (χ0) is 18.3. The number of amides is 1. The molecule has 0 aliphatic heterocycles. The predicted octanol–water partition coefficient (Wildman–Crippen LogP) is 2.65. The molecule has 1 amide bonds. The van der Waals surface area contributed by atoms with Crippen LogP contribution in [0.1, 0.15) is 20.8 Å². The Bertz CT molecular complexity index is 661. The van der Waals surface area contributed by atoms with Crippen molar-refractivity contribution >= 4 is 23.6 Å². The van der Waals surface area contributed by atoms with Crippen molar-refractivity contribution in [2.45, 2.75) is 31.2 Å². The minimum atomic E-state index is -1.07. The number of hydrogen-bond donors (Lipinski definition) is 1. The third-order valence-electron chi connectivity index (χ3n) is 3.39. The number of ether oxygens (including phenoxy) is 1. The molecular formula is C16H18F2N2O3S. The topological polar surface area (TPSA) is 79.2 Å². The predicted molar refractivity (Wildman–Crippen MR) is 85.0 cm³/mol. The maximum absolute atomic E-state index is 13.4. The van der Waals surface area contributed by atoms with Crippen molar-refractivity contribution in [3.8, 4) is 6.07 Å². The summed E-state index contributed by atoms with van der Waals surface area (Å²) in [7, 11) is 0. The smallest absolute Gasteiger partial charge is 0.316 e. The molecule has 24 heavy (non-hydrogen) atoms. The third kappa shape index (κ3) is 5.81. The van der Waals surface area contributed by atoms with Crippen LogP contribution in [0, 0.1) is 28.9 Å². The van der Waals surface area contributed by atoms with Crippen LogP contribution in [-0.2, 0) is 14.3 Å². The molecular weight excluding hydrogens is 338 g/mol. The van der Waals surface area contributed by atoms with E-state index in [4.69, 9.17) is 10.00 Å². The van der Waals surface area contributed by atoms with E-state index >= 15 is 0 Å². The summed E-state index contributed by atoms with van der Waals surface area (Å²) in [6.45, 7) is 4.58. The lowest BCUT2D eigenvalue weighted by molar-refractivity contribution is -0.146. The monoisotopic (exact) mass is 356 g/mol. The molecule has 0 aromatic heterocycles. The fourth-order valence-electron chi connectivity index (χ4n) is 1.54. The molecule has 1 aromatic rings. The van der Waals surface area contributed by atoms with Crippen LogP contribution >= 0.6 is 11.8 Å². The van der Waals surface area contributed by atoms with E-state index in [1.165, 1.54) is 0 Å². The van der Waals surface area contributed by atoms with E-state index in [0.29, 0.717) is 0 Å². The van der Waals surface area contributed by atoms with Crippen molar-refractivity contribution in [2.75, 3.05) is 12.4 Å². The van der Waals surface area contributed by atoms with Gasteiger partial charge in [0.05, 0.1) is 11.8 Å². The molecule has 1 N–H and O–H groups in total. The van der Waals surface area contributed by atoms with Crippen LogP contribution in [0.25, 0.3) is 0 Å². The Morgan fingerprint density at radius 1 is 1.42 bits per heavy atom. The number of carbonyl (C=O) groups is 2. The van der Waals surface area contributed by atoms with Gasteiger partial charge in [0, 0.05) is 4.90 Å². The molecule has 0 saturated heterocycles. The molecule has 0 heterocycles. The van der Waals surface area contributed by atoms with E-state index in [1.807, 2.05) is 6.07 Å². The van der Waals surface area contributed by atoms with Gasteiger partial charge >= 0.3 is 5.97 Å². The average Bonchev–Trinajstić information content (AvgIpc) is 2.53. The highest BCUT2D eigenvalue weighted by atomic mass is 32.2. The highest BCUT2D eigenvalue weighted by molar-refractivity contribution is 8.00. The first-order valence-corrected chi connectivity index (χ1v) is 8.12. The van der Waals surface area contributed by atoms with Gasteiger partial charge in [-0.25, -0.2) is 8.78 Å². The molecule has 0 bridgehead atoms. The van der Waals surface area contributed by atoms with E-state index in [9.17, 15) is 18.4 Å². The summed E-state index contributed by atoms with van der Waals surface area (Å²) in [5.74, 6) is -3.02. The maximum atomic E-state index is 13.4. The summed E-state index contributed by atoms with van der Waals surface area (Å²) in [4.78, 5) is 23.3. The van der Waals surface area contributed by atoms with E-state index in [-0.39, 0.29) is 16.6 Å². The Hall–Kier alpha value is -2.14. The van der Waals surface area contributed by atoms with Crippen molar-refractivity contribution in [3.05, 3.63) is 29.8 Å². The molecule has 0 aliphatic carbocycles. The Kier molecular flexibility index (Phi) is 7.17. The normalized spacial score (nSPS) is 13.0. The van der Waals surface area contributed by atoms with Crippen LogP contribution in [0.3, 0.4) is 0 Å². The van der Waals surface area contributed by atoms with Crippen LogP contribution in [-0.4, -0.2) is 29.8 Å². The molecule has 8 heteroatoms. The van der Waals surface area contributed by atoms with Crippen molar-refractivity contribution in [1.29, 1.82) is 5.26 Å². The fraction of sp³-hybridized carbons (Fsp3) is 0.438. The SMILES string of the molecule is CC(C)[C@](C)(C#N)NC(=O)COC(=O)CSc1cc(F)ccc1F. The van der Waals surface area contributed by atoms with Gasteiger partial charge in [0.2, 0.25) is 0 Å². The first-order chi connectivity index (χ1) is 11.2. The summed E-state index contributed by atoms with van der Waals surface area (Å²) in [5, 5.41) is 11.6. The lowest BCUT2D eigenvalue weighted by atomic mass is 9.90. The number of hydrogen-bond acceptors (Lipinski definition) is 5. The number of nitrogens with zero attached hydrogens (tertiary/aromatic N) is 1. The lowest BCUT2D eigenvalue weighted by Gasteiger charge is -2.27. The van der Waals surface area contributed by atoms with Gasteiger partial charge in [0.1, 0.15) is 17.2 Å². The number of benzene rings is 1. The van der Waals surface area contributed by atoms with Gasteiger partial charge in [-0.2, -0.15) is 5.26 Å². The quantitative estimate of drug-likeness (QED) is 0.600. The molecule has 0 aliphatic rings. The molecule has 1 rings (SSSR count). The van der Waals surface area contributed by atoms with Crippen LogP contribution in [0.5, 0.6) is 0 Å². The van der Waals surface area contributed by atoms with E-state index in [2.05, 4.69) is 5.32 Å². The number of nitrogens with one attached hydrogen (secondary N) is 1. The summed E-state index contributed by atoms with van der Waals surface area (Å²) < 4.78 is 31.2. The van der Waals surface area contributed by atoms with Gasteiger partial charge < -0.3 is 10.1 Å². The number of rotatable bonds is 7. The zero-order valence-electron chi connectivity index (χ0n) is 13.6. The van der Waals surface area contributed by atoms with Gasteiger partial charge in [0.25, 0.3) is 5.91 Å². The summed E-state index contributed by atoms with van der Waals surface area (Å²) >= 11 is 0.770. The van der Waals surface area contributed by atoms with E-state index < -0.39 is 35.7 Å². The van der Waals surface area contributed by atoms with Gasteiger partial charge in [-0.15, -0.1) is 11.8 Å². The van der Waals surface area contributed by atoms with Gasteiger partial charge in [0.15, 0.2) is 6.61 Å². The van der Waals surface area contributed by atoms with E-state index in [0.717, 1.165) is 30.0 Å². The molecule has 0 spiro atoms. The number of halogens is 2. The second kappa shape index (κ2) is 8.64. The second-order valence-corrected chi connectivity index (χ2v) is 6.56. The standard InChI is InChI=1S/C16H18F2N2O3S/c1-10(2)16(3,9-19)20-14(21)7-23-15(22)8-24-13-6-11(17)4-5-12(13)18/h4-6,10H,7-8H2,1-3H3,(H,20,21)/t16-/m0/s1. The molecule has 0 saturated carbocycles. The molecule has 0 radical (unpaired) electrons. The van der Waals surface area contributed by atoms with Crippen LogP contribution < -0.4 is 5.32 Å². The summed E-state index contributed by atoms with van der Waals surface area (Å²) in [6, 6.07) is 4.91. The summed E-state index contributed by atoms with van der Waals surface area (Å²) in [5.41, 5.74) is -1.07. The van der Waals surface area contributed by atoms with Crippen molar-refractivity contribution in [2.24, 2.45) is 5.92 Å². The Morgan fingerprint density at radius 2 is 2.08 bits per heavy atom. The van der Waals surface area contributed by atoms with Crippen LogP contribution in [0.2, 0.25) is 0 Å². The number of thioether (sulfide) groups is 1. The molecule has 5 nitrogen and oxygen atoms in total. The number of esters is 1. The first kappa shape index (κ1) is 19.9. The minimum Gasteiger partial charge on any atom is -0.455 e. The first-order valence-electron chi connectivity index (χ1n) is 7.13. The molecule has 1 aromatic carbocycles. The Balaban J connectivity index is 2.45. The highest BCUT2D eigenvalue weighted by Gasteiger charge is 2.30. The van der Waals surface area contributed by atoms with Crippen LogP contribution in [0.4, 0.5) is 8.78 Å².